The van der Waals surface area contributed by atoms with Crippen LogP contribution in [0.25, 0.3) is 10.2 Å². The summed E-state index contributed by atoms with van der Waals surface area (Å²) in [6, 6.07) is 3.86. The summed E-state index contributed by atoms with van der Waals surface area (Å²) in [6.07, 6.45) is 1.27. The molecule has 0 aliphatic carbocycles. The highest BCUT2D eigenvalue weighted by molar-refractivity contribution is 8.01. The fourth-order valence-electron chi connectivity index (χ4n) is 3.16. The van der Waals surface area contributed by atoms with Gasteiger partial charge in [-0.2, -0.15) is 0 Å². The van der Waals surface area contributed by atoms with Gasteiger partial charge >= 0.3 is 0 Å². The molecule has 2 aliphatic heterocycles. The first-order chi connectivity index (χ1) is 11.0. The van der Waals surface area contributed by atoms with E-state index in [9.17, 15) is 14.0 Å². The van der Waals surface area contributed by atoms with Crippen molar-refractivity contribution in [1.82, 2.24) is 9.88 Å². The summed E-state index contributed by atoms with van der Waals surface area (Å²) in [5.41, 5.74) is 0.648. The predicted octanol–water partition coefficient (Wildman–Crippen LogP) is 2.83. The third-order valence-corrected chi connectivity index (χ3v) is 6.77. The number of nitrogens with zero attached hydrogens (tertiary/aromatic N) is 2. The van der Waals surface area contributed by atoms with E-state index in [1.54, 1.807) is 22.7 Å². The molecule has 23 heavy (non-hydrogen) atoms. The van der Waals surface area contributed by atoms with Gasteiger partial charge in [0, 0.05) is 12.2 Å². The Morgan fingerprint density at radius 3 is 3.17 bits per heavy atom. The standard InChI is InChI=1S/C15H14FN3O2S2/c1-15-5-4-12(20)19(15)10(7-22-15)13(21)18-14-17-9-3-2-8(16)6-11(9)23-14/h2-3,6,10H,4-5,7H2,1H3,(H,17,18,21)/t10-,15+/m1/s1. The topological polar surface area (TPSA) is 62.3 Å². The molecule has 2 aliphatic rings. The van der Waals surface area contributed by atoms with Crippen LogP contribution in [-0.2, 0) is 9.59 Å². The van der Waals surface area contributed by atoms with Crippen molar-refractivity contribution in [3.05, 3.63) is 24.0 Å². The van der Waals surface area contributed by atoms with Crippen LogP contribution in [0.3, 0.4) is 0 Å². The van der Waals surface area contributed by atoms with Crippen molar-refractivity contribution in [3.8, 4) is 0 Å². The van der Waals surface area contributed by atoms with Crippen LogP contribution in [0.2, 0.25) is 0 Å². The van der Waals surface area contributed by atoms with Crippen molar-refractivity contribution >= 4 is 50.3 Å². The second-order valence-electron chi connectivity index (χ2n) is 5.89. The van der Waals surface area contributed by atoms with Crippen molar-refractivity contribution < 1.29 is 14.0 Å². The first-order valence-corrected chi connectivity index (χ1v) is 9.10. The molecule has 0 unspecified atom stereocenters. The van der Waals surface area contributed by atoms with Gasteiger partial charge in [-0.15, -0.1) is 11.8 Å². The summed E-state index contributed by atoms with van der Waals surface area (Å²) in [6.45, 7) is 2.01. The number of carbonyl (C=O) groups is 2. The summed E-state index contributed by atoms with van der Waals surface area (Å²) < 4.78 is 13.9. The van der Waals surface area contributed by atoms with E-state index in [4.69, 9.17) is 0 Å². The van der Waals surface area contributed by atoms with Gasteiger partial charge in [-0.1, -0.05) is 11.3 Å². The molecule has 4 rings (SSSR count). The molecule has 3 heterocycles. The van der Waals surface area contributed by atoms with Crippen LogP contribution >= 0.6 is 23.1 Å². The monoisotopic (exact) mass is 351 g/mol. The van der Waals surface area contributed by atoms with Crippen LogP contribution in [0.5, 0.6) is 0 Å². The molecule has 1 N–H and O–H groups in total. The number of hydrogen-bond acceptors (Lipinski definition) is 5. The van der Waals surface area contributed by atoms with Crippen LogP contribution in [0.15, 0.2) is 18.2 Å². The van der Waals surface area contributed by atoms with Crippen LogP contribution in [0.1, 0.15) is 19.8 Å². The van der Waals surface area contributed by atoms with Gasteiger partial charge < -0.3 is 10.2 Å². The molecule has 0 bridgehead atoms. The highest BCUT2D eigenvalue weighted by Crippen LogP contribution is 2.47. The Hall–Kier alpha value is -1.67. The number of halogens is 1. The van der Waals surface area contributed by atoms with E-state index in [2.05, 4.69) is 10.3 Å². The number of amides is 2. The number of rotatable bonds is 2. The number of benzene rings is 1. The fourth-order valence-corrected chi connectivity index (χ4v) is 5.48. The Morgan fingerprint density at radius 2 is 2.35 bits per heavy atom. The van der Waals surface area contributed by atoms with Gasteiger partial charge in [0.05, 0.1) is 15.1 Å². The summed E-state index contributed by atoms with van der Waals surface area (Å²) in [5, 5.41) is 3.21. The third-order valence-electron chi connectivity index (χ3n) is 4.33. The second-order valence-corrected chi connectivity index (χ2v) is 8.42. The lowest BCUT2D eigenvalue weighted by atomic mass is 10.2. The van der Waals surface area contributed by atoms with Crippen molar-refractivity contribution in [1.29, 1.82) is 0 Å². The second kappa shape index (κ2) is 5.17. The minimum Gasteiger partial charge on any atom is -0.315 e. The molecule has 2 aromatic rings. The van der Waals surface area contributed by atoms with Gasteiger partial charge in [0.25, 0.3) is 0 Å². The van der Waals surface area contributed by atoms with E-state index in [1.807, 2.05) is 6.92 Å². The maximum absolute atomic E-state index is 13.2. The first-order valence-electron chi connectivity index (χ1n) is 7.29. The lowest BCUT2D eigenvalue weighted by Gasteiger charge is -2.29. The number of aromatic nitrogens is 1. The van der Waals surface area contributed by atoms with Gasteiger partial charge in [-0.3, -0.25) is 9.59 Å². The Balaban J connectivity index is 1.56. The van der Waals surface area contributed by atoms with Crippen LogP contribution in [0, 0.1) is 5.82 Å². The molecule has 8 heteroatoms. The lowest BCUT2D eigenvalue weighted by Crippen LogP contribution is -2.48. The zero-order chi connectivity index (χ0) is 16.2. The molecule has 0 saturated carbocycles. The Morgan fingerprint density at radius 1 is 1.52 bits per heavy atom. The smallest absolute Gasteiger partial charge is 0.249 e. The summed E-state index contributed by atoms with van der Waals surface area (Å²) >= 11 is 2.88. The van der Waals surface area contributed by atoms with Gasteiger partial charge in [0.2, 0.25) is 11.8 Å². The van der Waals surface area contributed by atoms with E-state index in [0.717, 1.165) is 6.42 Å². The number of anilines is 1. The number of fused-ring (bicyclic) bond motifs is 2. The highest BCUT2D eigenvalue weighted by Gasteiger charge is 2.52. The molecular weight excluding hydrogens is 337 g/mol. The van der Waals surface area contributed by atoms with Crippen LogP contribution < -0.4 is 5.32 Å². The van der Waals surface area contributed by atoms with Gasteiger partial charge in [-0.25, -0.2) is 9.37 Å². The SMILES string of the molecule is C[C@]12CCC(=O)N1[C@@H](C(=O)Nc1nc3ccc(F)cc3s1)CS2. The van der Waals surface area contributed by atoms with Crippen molar-refractivity contribution in [3.63, 3.8) is 0 Å². The van der Waals surface area contributed by atoms with E-state index in [0.29, 0.717) is 27.5 Å². The Bertz CT molecular complexity index is 824. The minimum atomic E-state index is -0.469. The number of carbonyl (C=O) groups excluding carboxylic acids is 2. The summed E-state index contributed by atoms with van der Waals surface area (Å²) in [5.74, 6) is 0.0674. The third kappa shape index (κ3) is 2.40. The molecule has 2 saturated heterocycles. The van der Waals surface area contributed by atoms with Crippen molar-refractivity contribution in [2.45, 2.75) is 30.7 Å². The Kier molecular flexibility index (Phi) is 3.35. The molecule has 2 amide bonds. The normalized spacial score (nSPS) is 26.8. The number of nitrogens with one attached hydrogen (secondary N) is 1. The zero-order valence-corrected chi connectivity index (χ0v) is 14.0. The van der Waals surface area contributed by atoms with Gasteiger partial charge in [0.15, 0.2) is 5.13 Å². The van der Waals surface area contributed by atoms with Crippen LogP contribution in [-0.4, -0.2) is 38.4 Å². The van der Waals surface area contributed by atoms with Gasteiger partial charge in [0.1, 0.15) is 11.9 Å². The quantitative estimate of drug-likeness (QED) is 0.904. The van der Waals surface area contributed by atoms with E-state index in [-0.39, 0.29) is 22.5 Å². The maximum Gasteiger partial charge on any atom is 0.249 e. The molecule has 120 valence electrons. The van der Waals surface area contributed by atoms with Crippen LogP contribution in [0.4, 0.5) is 9.52 Å². The highest BCUT2D eigenvalue weighted by atomic mass is 32.2. The molecule has 1 aromatic carbocycles. The molecule has 5 nitrogen and oxygen atoms in total. The average molecular weight is 351 g/mol. The lowest BCUT2D eigenvalue weighted by molar-refractivity contribution is -0.135. The number of thiazole rings is 1. The molecular formula is C15H14FN3O2S2. The van der Waals surface area contributed by atoms with E-state index < -0.39 is 6.04 Å². The minimum absolute atomic E-state index is 0.0315. The van der Waals surface area contributed by atoms with E-state index in [1.165, 1.54) is 23.5 Å². The zero-order valence-electron chi connectivity index (χ0n) is 12.3. The fraction of sp³-hybridized carbons (Fsp3) is 0.400. The molecule has 0 spiro atoms. The first kappa shape index (κ1) is 14.9. The maximum atomic E-state index is 13.2. The predicted molar refractivity (Wildman–Crippen MR) is 88.9 cm³/mol. The molecule has 2 atom stereocenters. The largest absolute Gasteiger partial charge is 0.315 e. The molecule has 0 radical (unpaired) electrons. The molecule has 1 aromatic heterocycles. The van der Waals surface area contributed by atoms with E-state index >= 15 is 0 Å². The Labute approximate surface area is 140 Å². The van der Waals surface area contributed by atoms with Crippen molar-refractivity contribution in [2.75, 3.05) is 11.1 Å². The number of hydrogen-bond donors (Lipinski definition) is 1. The van der Waals surface area contributed by atoms with Gasteiger partial charge in [-0.05, 0) is 31.5 Å². The summed E-state index contributed by atoms with van der Waals surface area (Å²) in [4.78, 5) is 30.4. The average Bonchev–Trinajstić information content (AvgIpc) is 3.12. The number of thioether (sulfide) groups is 1. The molecule has 2 fully saturated rings. The summed E-state index contributed by atoms with van der Waals surface area (Å²) in [7, 11) is 0. The van der Waals surface area contributed by atoms with Crippen molar-refractivity contribution in [2.24, 2.45) is 0 Å².